The zero-order chi connectivity index (χ0) is 15.4. The number of hydrogen-bond donors (Lipinski definition) is 1. The van der Waals surface area contributed by atoms with Gasteiger partial charge in [-0.05, 0) is 43.7 Å². The van der Waals surface area contributed by atoms with Crippen molar-refractivity contribution in [3.63, 3.8) is 0 Å². The molecule has 1 aromatic rings. The van der Waals surface area contributed by atoms with Crippen molar-refractivity contribution in [2.45, 2.75) is 32.6 Å². The minimum atomic E-state index is -0.324. The summed E-state index contributed by atoms with van der Waals surface area (Å²) < 4.78 is 0. The molecular formula is C15H21N3O3. The first-order valence-corrected chi connectivity index (χ1v) is 7.25. The number of nitrogens with zero attached hydrogens (tertiary/aromatic N) is 2. The number of nitro groups is 1. The number of primary amides is 1. The highest BCUT2D eigenvalue weighted by molar-refractivity contribution is 5.73. The van der Waals surface area contributed by atoms with E-state index >= 15 is 0 Å². The SMILES string of the molecule is Cc1ccc(N2CCC[C@H](CCC(N)=O)C2)c([N+](=O)[O-])c1. The second-order valence-electron chi connectivity index (χ2n) is 5.71. The number of rotatable bonds is 5. The molecule has 1 amide bonds. The van der Waals surface area contributed by atoms with Gasteiger partial charge in [0, 0.05) is 25.6 Å². The maximum absolute atomic E-state index is 11.2. The molecule has 0 saturated carbocycles. The van der Waals surface area contributed by atoms with E-state index in [0.717, 1.165) is 37.9 Å². The highest BCUT2D eigenvalue weighted by Crippen LogP contribution is 2.33. The summed E-state index contributed by atoms with van der Waals surface area (Å²) in [5.41, 5.74) is 6.91. The average Bonchev–Trinajstić information content (AvgIpc) is 2.45. The summed E-state index contributed by atoms with van der Waals surface area (Å²) in [5.74, 6) is 0.0839. The Bertz CT molecular complexity index is 545. The molecule has 0 radical (unpaired) electrons. The van der Waals surface area contributed by atoms with E-state index < -0.39 is 0 Å². The third-order valence-corrected chi connectivity index (χ3v) is 3.99. The van der Waals surface area contributed by atoms with Crippen LogP contribution in [0.15, 0.2) is 18.2 Å². The largest absolute Gasteiger partial charge is 0.370 e. The molecular weight excluding hydrogens is 270 g/mol. The highest BCUT2D eigenvalue weighted by atomic mass is 16.6. The van der Waals surface area contributed by atoms with Crippen molar-refractivity contribution in [2.24, 2.45) is 11.7 Å². The van der Waals surface area contributed by atoms with Gasteiger partial charge in [0.25, 0.3) is 5.69 Å². The van der Waals surface area contributed by atoms with Crippen molar-refractivity contribution in [1.29, 1.82) is 0 Å². The Balaban J connectivity index is 2.14. The van der Waals surface area contributed by atoms with Crippen molar-refractivity contribution in [2.75, 3.05) is 18.0 Å². The van der Waals surface area contributed by atoms with Gasteiger partial charge in [0.2, 0.25) is 5.91 Å². The number of carbonyl (C=O) groups excluding carboxylic acids is 1. The van der Waals surface area contributed by atoms with Gasteiger partial charge in [-0.2, -0.15) is 0 Å². The van der Waals surface area contributed by atoms with Crippen LogP contribution >= 0.6 is 0 Å². The summed E-state index contributed by atoms with van der Waals surface area (Å²) in [7, 11) is 0. The minimum Gasteiger partial charge on any atom is -0.370 e. The summed E-state index contributed by atoms with van der Waals surface area (Å²) in [6.07, 6.45) is 3.16. The Morgan fingerprint density at radius 2 is 2.29 bits per heavy atom. The van der Waals surface area contributed by atoms with E-state index in [4.69, 9.17) is 5.73 Å². The maximum atomic E-state index is 11.2. The van der Waals surface area contributed by atoms with Crippen LogP contribution in [0.2, 0.25) is 0 Å². The lowest BCUT2D eigenvalue weighted by Crippen LogP contribution is -2.36. The van der Waals surface area contributed by atoms with Crippen LogP contribution in [0.3, 0.4) is 0 Å². The van der Waals surface area contributed by atoms with Crippen LogP contribution in [-0.4, -0.2) is 23.9 Å². The quantitative estimate of drug-likeness (QED) is 0.666. The number of carbonyl (C=O) groups is 1. The molecule has 21 heavy (non-hydrogen) atoms. The van der Waals surface area contributed by atoms with E-state index in [9.17, 15) is 14.9 Å². The first kappa shape index (κ1) is 15.3. The minimum absolute atomic E-state index is 0.158. The molecule has 2 rings (SSSR count). The monoisotopic (exact) mass is 291 g/mol. The molecule has 1 atom stereocenters. The average molecular weight is 291 g/mol. The van der Waals surface area contributed by atoms with Gasteiger partial charge in [-0.15, -0.1) is 0 Å². The first-order valence-electron chi connectivity index (χ1n) is 7.25. The van der Waals surface area contributed by atoms with Crippen LogP contribution < -0.4 is 10.6 Å². The Hall–Kier alpha value is -2.11. The molecule has 0 bridgehead atoms. The van der Waals surface area contributed by atoms with Gasteiger partial charge in [0.1, 0.15) is 5.69 Å². The molecule has 0 aromatic heterocycles. The fourth-order valence-electron chi connectivity index (χ4n) is 2.91. The van der Waals surface area contributed by atoms with Crippen molar-refractivity contribution >= 4 is 17.3 Å². The molecule has 1 heterocycles. The van der Waals surface area contributed by atoms with Gasteiger partial charge in [-0.3, -0.25) is 14.9 Å². The van der Waals surface area contributed by atoms with Gasteiger partial charge < -0.3 is 10.6 Å². The van der Waals surface area contributed by atoms with Crippen molar-refractivity contribution in [1.82, 2.24) is 0 Å². The topological polar surface area (TPSA) is 89.5 Å². The summed E-state index contributed by atoms with van der Waals surface area (Å²) in [6, 6.07) is 5.33. The van der Waals surface area contributed by atoms with E-state index in [1.54, 1.807) is 6.07 Å². The van der Waals surface area contributed by atoms with Gasteiger partial charge >= 0.3 is 0 Å². The third-order valence-electron chi connectivity index (χ3n) is 3.99. The number of amides is 1. The Morgan fingerprint density at radius 3 is 2.95 bits per heavy atom. The molecule has 2 N–H and O–H groups in total. The van der Waals surface area contributed by atoms with Crippen LogP contribution in [0.1, 0.15) is 31.2 Å². The lowest BCUT2D eigenvalue weighted by molar-refractivity contribution is -0.384. The fraction of sp³-hybridized carbons (Fsp3) is 0.533. The molecule has 1 fully saturated rings. The van der Waals surface area contributed by atoms with Crippen LogP contribution in [0.5, 0.6) is 0 Å². The first-order chi connectivity index (χ1) is 9.97. The zero-order valence-corrected chi connectivity index (χ0v) is 12.2. The molecule has 0 unspecified atom stereocenters. The molecule has 6 heteroatoms. The standard InChI is InChI=1S/C15H21N3O3/c1-11-4-6-13(14(9-11)18(20)21)17-8-2-3-12(10-17)5-7-15(16)19/h4,6,9,12H,2-3,5,7-8,10H2,1H3,(H2,16,19)/t12-/m1/s1. The number of nitrogens with two attached hydrogens (primary N) is 1. The third kappa shape index (κ3) is 3.93. The normalized spacial score (nSPS) is 18.5. The van der Waals surface area contributed by atoms with Crippen LogP contribution in [0.4, 0.5) is 11.4 Å². The second-order valence-corrected chi connectivity index (χ2v) is 5.71. The van der Waals surface area contributed by atoms with E-state index in [2.05, 4.69) is 4.90 Å². The fourth-order valence-corrected chi connectivity index (χ4v) is 2.91. The molecule has 6 nitrogen and oxygen atoms in total. The maximum Gasteiger partial charge on any atom is 0.292 e. The Morgan fingerprint density at radius 1 is 1.52 bits per heavy atom. The molecule has 1 aliphatic heterocycles. The van der Waals surface area contributed by atoms with Crippen molar-refractivity contribution < 1.29 is 9.72 Å². The molecule has 1 saturated heterocycles. The lowest BCUT2D eigenvalue weighted by atomic mass is 9.92. The van der Waals surface area contributed by atoms with E-state index in [1.807, 2.05) is 19.1 Å². The molecule has 1 aliphatic rings. The number of piperidine rings is 1. The van der Waals surface area contributed by atoms with Crippen LogP contribution in [0.25, 0.3) is 0 Å². The molecule has 0 spiro atoms. The number of anilines is 1. The molecule has 0 aliphatic carbocycles. The number of nitro benzene ring substituents is 1. The summed E-state index contributed by atoms with van der Waals surface area (Å²) in [4.78, 5) is 23.9. The smallest absolute Gasteiger partial charge is 0.292 e. The lowest BCUT2D eigenvalue weighted by Gasteiger charge is -2.34. The van der Waals surface area contributed by atoms with Crippen LogP contribution in [-0.2, 0) is 4.79 Å². The van der Waals surface area contributed by atoms with Gasteiger partial charge in [-0.25, -0.2) is 0 Å². The zero-order valence-electron chi connectivity index (χ0n) is 12.2. The van der Waals surface area contributed by atoms with Gasteiger partial charge in [0.15, 0.2) is 0 Å². The predicted octanol–water partition coefficient (Wildman–Crippen LogP) is 2.39. The van der Waals surface area contributed by atoms with E-state index in [-0.39, 0.29) is 16.5 Å². The molecule has 114 valence electrons. The Kier molecular flexibility index (Phi) is 4.77. The van der Waals surface area contributed by atoms with Gasteiger partial charge in [0.05, 0.1) is 4.92 Å². The predicted molar refractivity (Wildman–Crippen MR) is 81.2 cm³/mol. The van der Waals surface area contributed by atoms with Crippen LogP contribution in [0, 0.1) is 23.0 Å². The summed E-state index contributed by atoms with van der Waals surface area (Å²) >= 11 is 0. The van der Waals surface area contributed by atoms with Gasteiger partial charge in [-0.1, -0.05) is 6.07 Å². The summed E-state index contributed by atoms with van der Waals surface area (Å²) in [5, 5.41) is 11.2. The number of benzene rings is 1. The summed E-state index contributed by atoms with van der Waals surface area (Å²) in [6.45, 7) is 3.41. The Labute approximate surface area is 124 Å². The van der Waals surface area contributed by atoms with E-state index in [0.29, 0.717) is 18.0 Å². The van der Waals surface area contributed by atoms with Crippen molar-refractivity contribution in [3.8, 4) is 0 Å². The molecule has 1 aromatic carbocycles. The highest BCUT2D eigenvalue weighted by Gasteiger charge is 2.25. The number of aryl methyl sites for hydroxylation is 1. The van der Waals surface area contributed by atoms with Crippen molar-refractivity contribution in [3.05, 3.63) is 33.9 Å². The number of hydrogen-bond acceptors (Lipinski definition) is 4. The second kappa shape index (κ2) is 6.56. The van der Waals surface area contributed by atoms with E-state index in [1.165, 1.54) is 0 Å².